The van der Waals surface area contributed by atoms with Gasteiger partial charge in [-0.15, -0.1) is 0 Å². The van der Waals surface area contributed by atoms with Crippen molar-refractivity contribution in [1.29, 1.82) is 0 Å². The Bertz CT molecular complexity index is 865. The third-order valence-electron chi connectivity index (χ3n) is 3.69. The number of pyridine rings is 1. The molecule has 0 radical (unpaired) electrons. The molecule has 2 aromatic carbocycles. The summed E-state index contributed by atoms with van der Waals surface area (Å²) in [6.07, 6.45) is 1.72. The summed E-state index contributed by atoms with van der Waals surface area (Å²) >= 11 is 7.83. The normalized spacial score (nSPS) is 11.9. The molecule has 0 saturated carbocycles. The van der Waals surface area contributed by atoms with Crippen LogP contribution in [0.4, 0.5) is 5.69 Å². The molecule has 0 saturated heterocycles. The molecule has 126 valence electrons. The fourth-order valence-electron chi connectivity index (χ4n) is 2.54. The molecule has 4 nitrogen and oxygen atoms in total. The number of benzene rings is 2. The SMILES string of the molecule is NC(=O)C(c1ccc(Sc2ccccc2)cn1)c1c(N)cccc1Cl. The Hall–Kier alpha value is -2.50. The number of primary amides is 1. The monoisotopic (exact) mass is 369 g/mol. The van der Waals surface area contributed by atoms with Crippen molar-refractivity contribution in [2.45, 2.75) is 15.7 Å². The zero-order chi connectivity index (χ0) is 17.8. The lowest BCUT2D eigenvalue weighted by Gasteiger charge is -2.17. The van der Waals surface area contributed by atoms with Gasteiger partial charge in [0.2, 0.25) is 5.91 Å². The number of carbonyl (C=O) groups excluding carboxylic acids is 1. The van der Waals surface area contributed by atoms with Crippen LogP contribution in [-0.2, 0) is 4.79 Å². The molecular formula is C19H16ClN3OS. The maximum Gasteiger partial charge on any atom is 0.231 e. The standard InChI is InChI=1S/C19H16ClN3OS/c20-14-7-4-8-15(21)17(14)18(19(22)24)16-10-9-13(11-23-16)25-12-5-2-1-3-6-12/h1-11,18H,21H2,(H2,22,24). The first-order valence-electron chi connectivity index (χ1n) is 7.58. The summed E-state index contributed by atoms with van der Waals surface area (Å²) in [5, 5.41) is 0.397. The molecule has 4 N–H and O–H groups in total. The third-order valence-corrected chi connectivity index (χ3v) is 5.01. The van der Waals surface area contributed by atoms with E-state index < -0.39 is 11.8 Å². The quantitative estimate of drug-likeness (QED) is 0.664. The number of nitrogen functional groups attached to an aromatic ring is 1. The van der Waals surface area contributed by atoms with Crippen LogP contribution in [0, 0.1) is 0 Å². The number of aromatic nitrogens is 1. The van der Waals surface area contributed by atoms with Crippen LogP contribution in [0.2, 0.25) is 5.02 Å². The lowest BCUT2D eigenvalue weighted by atomic mass is 9.93. The topological polar surface area (TPSA) is 82.0 Å². The molecule has 0 spiro atoms. The van der Waals surface area contributed by atoms with Crippen LogP contribution in [0.3, 0.4) is 0 Å². The number of halogens is 1. The largest absolute Gasteiger partial charge is 0.398 e. The number of nitrogens with zero attached hydrogens (tertiary/aromatic N) is 1. The van der Waals surface area contributed by atoms with E-state index in [0.717, 1.165) is 9.79 Å². The molecule has 3 aromatic rings. The number of anilines is 1. The summed E-state index contributed by atoms with van der Waals surface area (Å²) in [7, 11) is 0. The van der Waals surface area contributed by atoms with Crippen LogP contribution in [0.15, 0.2) is 76.7 Å². The predicted octanol–water partition coefficient (Wildman–Crippen LogP) is 4.09. The van der Waals surface area contributed by atoms with Crippen LogP contribution in [0.5, 0.6) is 0 Å². The van der Waals surface area contributed by atoms with E-state index in [4.69, 9.17) is 23.1 Å². The molecule has 1 unspecified atom stereocenters. The highest BCUT2D eigenvalue weighted by molar-refractivity contribution is 7.99. The zero-order valence-electron chi connectivity index (χ0n) is 13.2. The summed E-state index contributed by atoms with van der Waals surface area (Å²) in [6.45, 7) is 0. The van der Waals surface area contributed by atoms with Gasteiger partial charge in [-0.05, 0) is 36.4 Å². The molecule has 1 heterocycles. The van der Waals surface area contributed by atoms with E-state index in [9.17, 15) is 4.79 Å². The first-order valence-corrected chi connectivity index (χ1v) is 8.78. The highest BCUT2D eigenvalue weighted by Crippen LogP contribution is 2.34. The molecule has 0 fully saturated rings. The minimum absolute atomic E-state index is 0.397. The predicted molar refractivity (Wildman–Crippen MR) is 102 cm³/mol. The Morgan fingerprint density at radius 1 is 1.00 bits per heavy atom. The van der Waals surface area contributed by atoms with Gasteiger partial charge >= 0.3 is 0 Å². The molecule has 6 heteroatoms. The fourth-order valence-corrected chi connectivity index (χ4v) is 3.64. The maximum atomic E-state index is 12.0. The van der Waals surface area contributed by atoms with Gasteiger partial charge in [0, 0.05) is 32.3 Å². The molecular weight excluding hydrogens is 354 g/mol. The number of amides is 1. The van der Waals surface area contributed by atoms with Crippen molar-refractivity contribution in [3.8, 4) is 0 Å². The summed E-state index contributed by atoms with van der Waals surface area (Å²) < 4.78 is 0. The Morgan fingerprint density at radius 3 is 2.36 bits per heavy atom. The van der Waals surface area contributed by atoms with E-state index in [2.05, 4.69) is 4.98 Å². The summed E-state index contributed by atoms with van der Waals surface area (Å²) in [5.41, 5.74) is 13.0. The first-order chi connectivity index (χ1) is 12.1. The van der Waals surface area contributed by atoms with E-state index in [1.807, 2.05) is 36.4 Å². The Labute approximate surface area is 155 Å². The van der Waals surface area contributed by atoms with Crippen LogP contribution in [0.1, 0.15) is 17.2 Å². The average Bonchev–Trinajstić information content (AvgIpc) is 2.60. The van der Waals surface area contributed by atoms with Gasteiger partial charge in [0.15, 0.2) is 0 Å². The minimum atomic E-state index is -0.788. The highest BCUT2D eigenvalue weighted by atomic mass is 35.5. The van der Waals surface area contributed by atoms with Crippen molar-refractivity contribution < 1.29 is 4.79 Å². The average molecular weight is 370 g/mol. The molecule has 1 atom stereocenters. The highest BCUT2D eigenvalue weighted by Gasteiger charge is 2.26. The van der Waals surface area contributed by atoms with Gasteiger partial charge < -0.3 is 11.5 Å². The summed E-state index contributed by atoms with van der Waals surface area (Å²) in [6, 6.07) is 18.8. The Morgan fingerprint density at radius 2 is 1.76 bits per heavy atom. The van der Waals surface area contributed by atoms with Crippen molar-refractivity contribution in [2.75, 3.05) is 5.73 Å². The van der Waals surface area contributed by atoms with Crippen LogP contribution in [0.25, 0.3) is 0 Å². The molecule has 0 aliphatic heterocycles. The van der Waals surface area contributed by atoms with E-state index in [1.54, 1.807) is 42.2 Å². The van der Waals surface area contributed by atoms with Crippen molar-refractivity contribution in [3.63, 3.8) is 0 Å². The number of carbonyl (C=O) groups is 1. The van der Waals surface area contributed by atoms with Crippen LogP contribution in [-0.4, -0.2) is 10.9 Å². The molecule has 0 aliphatic rings. The molecule has 25 heavy (non-hydrogen) atoms. The van der Waals surface area contributed by atoms with E-state index in [0.29, 0.717) is 22.0 Å². The second-order valence-electron chi connectivity index (χ2n) is 5.41. The molecule has 1 aromatic heterocycles. The van der Waals surface area contributed by atoms with Gasteiger partial charge in [-0.3, -0.25) is 9.78 Å². The molecule has 3 rings (SSSR count). The second-order valence-corrected chi connectivity index (χ2v) is 6.97. The van der Waals surface area contributed by atoms with Gasteiger partial charge in [-0.2, -0.15) is 0 Å². The Balaban J connectivity index is 1.92. The Kier molecular flexibility index (Phi) is 5.26. The van der Waals surface area contributed by atoms with Gasteiger partial charge in [0.1, 0.15) is 5.92 Å². The fraction of sp³-hybridized carbons (Fsp3) is 0.0526. The van der Waals surface area contributed by atoms with Gasteiger partial charge in [0.05, 0.1) is 5.69 Å². The van der Waals surface area contributed by atoms with Gasteiger partial charge in [-0.1, -0.05) is 47.6 Å². The molecule has 0 aliphatic carbocycles. The van der Waals surface area contributed by atoms with Gasteiger partial charge in [-0.25, -0.2) is 0 Å². The maximum absolute atomic E-state index is 12.0. The molecule has 0 bridgehead atoms. The first kappa shape index (κ1) is 17.3. The lowest BCUT2D eigenvalue weighted by Crippen LogP contribution is -2.24. The van der Waals surface area contributed by atoms with E-state index in [1.165, 1.54) is 0 Å². The second kappa shape index (κ2) is 7.59. The number of rotatable bonds is 5. The number of nitrogens with two attached hydrogens (primary N) is 2. The molecule has 1 amide bonds. The van der Waals surface area contributed by atoms with Crippen molar-refractivity contribution in [2.24, 2.45) is 5.73 Å². The zero-order valence-corrected chi connectivity index (χ0v) is 14.8. The minimum Gasteiger partial charge on any atom is -0.398 e. The van der Waals surface area contributed by atoms with E-state index >= 15 is 0 Å². The summed E-state index contributed by atoms with van der Waals surface area (Å²) in [5.74, 6) is -1.33. The number of hydrogen-bond acceptors (Lipinski definition) is 4. The van der Waals surface area contributed by atoms with Crippen LogP contribution < -0.4 is 11.5 Å². The van der Waals surface area contributed by atoms with Crippen molar-refractivity contribution >= 4 is 35.0 Å². The van der Waals surface area contributed by atoms with Crippen LogP contribution >= 0.6 is 23.4 Å². The number of hydrogen-bond donors (Lipinski definition) is 2. The summed E-state index contributed by atoms with van der Waals surface area (Å²) in [4.78, 5) is 18.5. The lowest BCUT2D eigenvalue weighted by molar-refractivity contribution is -0.118. The van der Waals surface area contributed by atoms with Gasteiger partial charge in [0.25, 0.3) is 0 Å². The smallest absolute Gasteiger partial charge is 0.231 e. The third kappa shape index (κ3) is 3.95. The van der Waals surface area contributed by atoms with Crippen molar-refractivity contribution in [3.05, 3.63) is 83.1 Å². The van der Waals surface area contributed by atoms with E-state index in [-0.39, 0.29) is 0 Å². The van der Waals surface area contributed by atoms with Crippen molar-refractivity contribution in [1.82, 2.24) is 4.98 Å².